The number of halogens is 2. The lowest BCUT2D eigenvalue weighted by atomic mass is 10.2. The third-order valence-corrected chi connectivity index (χ3v) is 3.54. The van der Waals surface area contributed by atoms with E-state index in [9.17, 15) is 14.4 Å². The summed E-state index contributed by atoms with van der Waals surface area (Å²) in [6.07, 6.45) is 1.45. The summed E-state index contributed by atoms with van der Waals surface area (Å²) in [7, 11) is 0. The molecule has 1 aromatic heterocycles. The normalized spacial score (nSPS) is 9.92. The van der Waals surface area contributed by atoms with Crippen LogP contribution >= 0.6 is 23.2 Å². The lowest BCUT2D eigenvalue weighted by Gasteiger charge is -2.08. The number of hydrogen-bond acceptors (Lipinski definition) is 4. The first-order valence-electron chi connectivity index (χ1n) is 6.71. The fourth-order valence-corrected chi connectivity index (χ4v) is 1.93. The number of amides is 3. The van der Waals surface area contributed by atoms with Crippen molar-refractivity contribution in [2.24, 2.45) is 0 Å². The molecule has 0 bridgehead atoms. The molecule has 2 rings (SSSR count). The zero-order valence-electron chi connectivity index (χ0n) is 12.2. The van der Waals surface area contributed by atoms with Gasteiger partial charge in [0.05, 0.1) is 16.6 Å². The molecule has 0 atom stereocenters. The van der Waals surface area contributed by atoms with E-state index >= 15 is 0 Å². The van der Waals surface area contributed by atoms with Gasteiger partial charge in [-0.15, -0.1) is 0 Å². The summed E-state index contributed by atoms with van der Waals surface area (Å²) in [5.74, 6) is -1.67. The van der Waals surface area contributed by atoms with Crippen molar-refractivity contribution in [2.45, 2.75) is 0 Å². The molecule has 0 radical (unpaired) electrons. The van der Waals surface area contributed by atoms with Gasteiger partial charge in [-0.2, -0.15) is 0 Å². The molecule has 0 aliphatic heterocycles. The molecule has 0 fully saturated rings. The van der Waals surface area contributed by atoms with Crippen molar-refractivity contribution in [2.75, 3.05) is 6.54 Å². The number of pyridine rings is 1. The molecular formula is C15H12Cl2N4O3. The van der Waals surface area contributed by atoms with E-state index in [-0.39, 0.29) is 22.8 Å². The zero-order chi connectivity index (χ0) is 17.5. The summed E-state index contributed by atoms with van der Waals surface area (Å²) in [6.45, 7) is -0.332. The van der Waals surface area contributed by atoms with E-state index < -0.39 is 17.7 Å². The Hall–Kier alpha value is -2.64. The third-order valence-electron chi connectivity index (χ3n) is 2.80. The number of nitrogens with one attached hydrogen (secondary N) is 3. The lowest BCUT2D eigenvalue weighted by molar-refractivity contribution is -0.120. The highest BCUT2D eigenvalue weighted by Gasteiger charge is 2.11. The van der Waals surface area contributed by atoms with Gasteiger partial charge < -0.3 is 5.32 Å². The highest BCUT2D eigenvalue weighted by Crippen LogP contribution is 2.22. The first-order valence-corrected chi connectivity index (χ1v) is 7.46. The molecular weight excluding hydrogens is 355 g/mol. The quantitative estimate of drug-likeness (QED) is 0.715. The minimum atomic E-state index is -0.604. The number of benzene rings is 1. The van der Waals surface area contributed by atoms with Crippen molar-refractivity contribution in [3.05, 3.63) is 63.9 Å². The summed E-state index contributed by atoms with van der Waals surface area (Å²) in [6, 6.07) is 9.14. The monoisotopic (exact) mass is 366 g/mol. The SMILES string of the molecule is O=C(CNC(=O)c1ccc(Cl)c(Cl)c1)NNC(=O)c1ccccn1. The van der Waals surface area contributed by atoms with Crippen LogP contribution < -0.4 is 16.2 Å². The maximum absolute atomic E-state index is 11.9. The van der Waals surface area contributed by atoms with Crippen molar-refractivity contribution in [3.63, 3.8) is 0 Å². The maximum Gasteiger partial charge on any atom is 0.288 e. The zero-order valence-corrected chi connectivity index (χ0v) is 13.7. The van der Waals surface area contributed by atoms with Crippen LogP contribution in [0.2, 0.25) is 10.0 Å². The number of nitrogens with zero attached hydrogens (tertiary/aromatic N) is 1. The van der Waals surface area contributed by atoms with Crippen LogP contribution in [0.15, 0.2) is 42.6 Å². The summed E-state index contributed by atoms with van der Waals surface area (Å²) < 4.78 is 0. The van der Waals surface area contributed by atoms with Crippen LogP contribution in [-0.4, -0.2) is 29.3 Å². The van der Waals surface area contributed by atoms with Crippen LogP contribution in [0.1, 0.15) is 20.8 Å². The standard InChI is InChI=1S/C15H12Cl2N4O3/c16-10-5-4-9(7-11(10)17)14(23)19-8-13(22)20-21-15(24)12-3-1-2-6-18-12/h1-7H,8H2,(H,19,23)(H,20,22)(H,21,24). The van der Waals surface area contributed by atoms with Crippen molar-refractivity contribution in [1.82, 2.24) is 21.2 Å². The van der Waals surface area contributed by atoms with Gasteiger partial charge in [0.2, 0.25) is 0 Å². The molecule has 7 nitrogen and oxygen atoms in total. The van der Waals surface area contributed by atoms with Gasteiger partial charge in [0.25, 0.3) is 17.7 Å². The predicted octanol–water partition coefficient (Wildman–Crippen LogP) is 1.58. The average molecular weight is 367 g/mol. The summed E-state index contributed by atoms with van der Waals surface area (Å²) in [4.78, 5) is 39.0. The van der Waals surface area contributed by atoms with E-state index in [1.165, 1.54) is 30.5 Å². The number of hydrogen-bond donors (Lipinski definition) is 3. The van der Waals surface area contributed by atoms with E-state index in [1.807, 2.05) is 0 Å². The lowest BCUT2D eigenvalue weighted by Crippen LogP contribution is -2.46. The Labute approximate surface area is 147 Å². The summed E-state index contributed by atoms with van der Waals surface area (Å²) in [5.41, 5.74) is 4.77. The van der Waals surface area contributed by atoms with Crippen molar-refractivity contribution in [1.29, 1.82) is 0 Å². The molecule has 3 N–H and O–H groups in total. The van der Waals surface area contributed by atoms with Gasteiger partial charge in [0, 0.05) is 11.8 Å². The molecule has 0 saturated heterocycles. The Bertz CT molecular complexity index is 769. The molecule has 0 aliphatic carbocycles. The molecule has 0 aliphatic rings. The number of rotatable bonds is 4. The van der Waals surface area contributed by atoms with E-state index in [0.29, 0.717) is 5.02 Å². The second kappa shape index (κ2) is 8.28. The van der Waals surface area contributed by atoms with Crippen LogP contribution in [0, 0.1) is 0 Å². The molecule has 2 aromatic rings. The highest BCUT2D eigenvalue weighted by molar-refractivity contribution is 6.42. The fourth-order valence-electron chi connectivity index (χ4n) is 1.63. The number of aromatic nitrogens is 1. The van der Waals surface area contributed by atoms with Gasteiger partial charge in [-0.1, -0.05) is 29.3 Å². The van der Waals surface area contributed by atoms with E-state index in [0.717, 1.165) is 0 Å². The van der Waals surface area contributed by atoms with Crippen LogP contribution in [-0.2, 0) is 4.79 Å². The van der Waals surface area contributed by atoms with Gasteiger partial charge in [-0.25, -0.2) is 0 Å². The molecule has 124 valence electrons. The van der Waals surface area contributed by atoms with Gasteiger partial charge >= 0.3 is 0 Å². The Balaban J connectivity index is 1.79. The van der Waals surface area contributed by atoms with Crippen LogP contribution in [0.5, 0.6) is 0 Å². The van der Waals surface area contributed by atoms with Crippen molar-refractivity contribution < 1.29 is 14.4 Å². The molecule has 3 amide bonds. The van der Waals surface area contributed by atoms with E-state index in [1.54, 1.807) is 12.1 Å². The molecule has 0 spiro atoms. The largest absolute Gasteiger partial charge is 0.343 e. The Kier molecular flexibility index (Phi) is 6.11. The first kappa shape index (κ1) is 17.7. The van der Waals surface area contributed by atoms with Crippen LogP contribution in [0.3, 0.4) is 0 Å². The van der Waals surface area contributed by atoms with Crippen molar-refractivity contribution in [3.8, 4) is 0 Å². The number of hydrazine groups is 1. The second-order valence-electron chi connectivity index (χ2n) is 4.53. The van der Waals surface area contributed by atoms with Gasteiger partial charge in [-0.3, -0.25) is 30.2 Å². The van der Waals surface area contributed by atoms with Crippen molar-refractivity contribution >= 4 is 40.9 Å². The Morgan fingerprint density at radius 1 is 0.958 bits per heavy atom. The van der Waals surface area contributed by atoms with Crippen LogP contribution in [0.4, 0.5) is 0 Å². The Morgan fingerprint density at radius 2 is 1.75 bits per heavy atom. The van der Waals surface area contributed by atoms with Gasteiger partial charge in [0.1, 0.15) is 5.69 Å². The summed E-state index contributed by atoms with van der Waals surface area (Å²) in [5, 5.41) is 2.94. The highest BCUT2D eigenvalue weighted by atomic mass is 35.5. The minimum absolute atomic E-state index is 0.151. The topological polar surface area (TPSA) is 100 Å². The van der Waals surface area contributed by atoms with E-state index in [2.05, 4.69) is 21.2 Å². The van der Waals surface area contributed by atoms with E-state index in [4.69, 9.17) is 23.2 Å². The summed E-state index contributed by atoms with van der Waals surface area (Å²) >= 11 is 11.6. The third kappa shape index (κ3) is 4.94. The predicted molar refractivity (Wildman–Crippen MR) is 88.6 cm³/mol. The molecule has 9 heteroatoms. The molecule has 1 aromatic carbocycles. The van der Waals surface area contributed by atoms with Gasteiger partial charge in [-0.05, 0) is 30.3 Å². The van der Waals surface area contributed by atoms with Gasteiger partial charge in [0.15, 0.2) is 0 Å². The smallest absolute Gasteiger partial charge is 0.288 e. The average Bonchev–Trinajstić information content (AvgIpc) is 2.60. The molecule has 0 saturated carbocycles. The maximum atomic E-state index is 11.9. The number of carbonyl (C=O) groups is 3. The fraction of sp³-hybridized carbons (Fsp3) is 0.0667. The molecule has 24 heavy (non-hydrogen) atoms. The molecule has 0 unspecified atom stereocenters. The minimum Gasteiger partial charge on any atom is -0.343 e. The number of carbonyl (C=O) groups excluding carboxylic acids is 3. The Morgan fingerprint density at radius 3 is 2.42 bits per heavy atom. The second-order valence-corrected chi connectivity index (χ2v) is 5.34. The first-order chi connectivity index (χ1) is 11.5. The van der Waals surface area contributed by atoms with Crippen LogP contribution in [0.25, 0.3) is 0 Å². The molecule has 1 heterocycles.